The number of aliphatic carboxylic acids is 1. The second-order valence-corrected chi connectivity index (χ2v) is 9.27. The number of aromatic amines is 1. The standard InChI is InChI=1S/C25H25F2N3O4/c1-12(2)23-19(14-9-25(3,24(31)32)34-11-14)20-17(7-13-10-28-29-22(13)21(20)27)30(23)15-5-6-16(26)18(8-15)33-4/h5-8,10,12,14H,9,11H2,1-4H3,(H,28,29)(H,31,32)/t14-,25+/m0/s1. The molecule has 2 aromatic heterocycles. The molecule has 3 heterocycles. The largest absolute Gasteiger partial charge is 0.494 e. The van der Waals surface area contributed by atoms with E-state index in [0.29, 0.717) is 27.5 Å². The number of benzene rings is 2. The van der Waals surface area contributed by atoms with E-state index in [1.165, 1.54) is 20.1 Å². The van der Waals surface area contributed by atoms with Gasteiger partial charge in [0.15, 0.2) is 23.0 Å². The molecule has 1 aliphatic heterocycles. The maximum absolute atomic E-state index is 16.0. The number of rotatable bonds is 5. The number of hydrogen-bond donors (Lipinski definition) is 2. The van der Waals surface area contributed by atoms with Gasteiger partial charge in [0.05, 0.1) is 25.4 Å². The lowest BCUT2D eigenvalue weighted by Gasteiger charge is -2.19. The lowest BCUT2D eigenvalue weighted by atomic mass is 9.86. The molecule has 0 amide bonds. The molecule has 0 spiro atoms. The first kappa shape index (κ1) is 22.3. The average molecular weight is 469 g/mol. The summed E-state index contributed by atoms with van der Waals surface area (Å²) >= 11 is 0. The summed E-state index contributed by atoms with van der Waals surface area (Å²) in [5.41, 5.74) is 1.63. The Hall–Kier alpha value is -3.46. The summed E-state index contributed by atoms with van der Waals surface area (Å²) in [5, 5.41) is 17.4. The lowest BCUT2D eigenvalue weighted by Crippen LogP contribution is -2.34. The van der Waals surface area contributed by atoms with Gasteiger partial charge in [-0.1, -0.05) is 13.8 Å². The molecule has 0 radical (unpaired) electrons. The van der Waals surface area contributed by atoms with Gasteiger partial charge in [0.1, 0.15) is 5.52 Å². The predicted octanol–water partition coefficient (Wildman–Crippen LogP) is 5.26. The zero-order valence-electron chi connectivity index (χ0n) is 19.3. The van der Waals surface area contributed by atoms with Crippen LogP contribution in [0.4, 0.5) is 8.78 Å². The van der Waals surface area contributed by atoms with Crippen LogP contribution in [-0.2, 0) is 9.53 Å². The number of ether oxygens (including phenoxy) is 2. The minimum absolute atomic E-state index is 0.0639. The van der Waals surface area contributed by atoms with E-state index in [9.17, 15) is 14.3 Å². The van der Waals surface area contributed by atoms with E-state index >= 15 is 4.39 Å². The van der Waals surface area contributed by atoms with Crippen LogP contribution in [0, 0.1) is 11.6 Å². The Morgan fingerprint density at radius 3 is 2.76 bits per heavy atom. The van der Waals surface area contributed by atoms with Crippen LogP contribution in [-0.4, -0.2) is 45.2 Å². The molecule has 2 aromatic carbocycles. The van der Waals surface area contributed by atoms with E-state index in [0.717, 1.165) is 5.69 Å². The molecule has 0 saturated carbocycles. The molecule has 0 unspecified atom stereocenters. The summed E-state index contributed by atoms with van der Waals surface area (Å²) < 4.78 is 43.1. The number of H-pyrrole nitrogens is 1. The van der Waals surface area contributed by atoms with Gasteiger partial charge in [0, 0.05) is 34.1 Å². The number of hydrogen-bond acceptors (Lipinski definition) is 4. The van der Waals surface area contributed by atoms with Crippen molar-refractivity contribution in [3.63, 3.8) is 0 Å². The molecule has 1 fully saturated rings. The Labute approximate surface area is 194 Å². The number of nitrogens with zero attached hydrogens (tertiary/aromatic N) is 2. The number of carbonyl (C=O) groups is 1. The number of aromatic nitrogens is 3. The highest BCUT2D eigenvalue weighted by atomic mass is 19.1. The van der Waals surface area contributed by atoms with Gasteiger partial charge in [-0.25, -0.2) is 13.6 Å². The normalized spacial score (nSPS) is 20.6. The minimum Gasteiger partial charge on any atom is -0.494 e. The van der Waals surface area contributed by atoms with Crippen molar-refractivity contribution in [1.82, 2.24) is 14.8 Å². The zero-order valence-corrected chi connectivity index (χ0v) is 19.3. The van der Waals surface area contributed by atoms with Gasteiger partial charge in [0.25, 0.3) is 0 Å². The van der Waals surface area contributed by atoms with Crippen LogP contribution in [0.2, 0.25) is 0 Å². The SMILES string of the molecule is COc1cc(-n2c(C(C)C)c([C@@H]3CO[C@@](C)(C(=O)O)C3)c3c(F)c4[nH]ncc4cc32)ccc1F. The quantitative estimate of drug-likeness (QED) is 0.416. The Morgan fingerprint density at radius 1 is 1.35 bits per heavy atom. The number of carboxylic acid groups (broad SMARTS) is 1. The summed E-state index contributed by atoms with van der Waals surface area (Å²) in [4.78, 5) is 11.9. The van der Waals surface area contributed by atoms with Gasteiger partial charge in [-0.05, 0) is 43.0 Å². The molecule has 0 bridgehead atoms. The van der Waals surface area contributed by atoms with E-state index in [1.807, 2.05) is 24.5 Å². The van der Waals surface area contributed by atoms with Gasteiger partial charge in [-0.3, -0.25) is 5.10 Å². The second-order valence-electron chi connectivity index (χ2n) is 9.27. The molecule has 9 heteroatoms. The van der Waals surface area contributed by atoms with Gasteiger partial charge >= 0.3 is 5.97 Å². The Balaban J connectivity index is 1.88. The molecule has 1 aliphatic rings. The monoisotopic (exact) mass is 469 g/mol. The van der Waals surface area contributed by atoms with Crippen LogP contribution in [0.5, 0.6) is 5.75 Å². The Bertz CT molecular complexity index is 1440. The van der Waals surface area contributed by atoms with E-state index < -0.39 is 23.2 Å². The number of methoxy groups -OCH3 is 1. The Morgan fingerprint density at radius 2 is 2.12 bits per heavy atom. The third-order valence-electron chi connectivity index (χ3n) is 6.72. The molecule has 2 N–H and O–H groups in total. The summed E-state index contributed by atoms with van der Waals surface area (Å²) in [5.74, 6) is -2.35. The zero-order chi connectivity index (χ0) is 24.4. The van der Waals surface area contributed by atoms with E-state index in [2.05, 4.69) is 10.2 Å². The van der Waals surface area contributed by atoms with E-state index in [4.69, 9.17) is 9.47 Å². The molecular weight excluding hydrogens is 444 g/mol. The van der Waals surface area contributed by atoms with Crippen molar-refractivity contribution in [2.75, 3.05) is 13.7 Å². The number of nitrogens with one attached hydrogen (secondary N) is 1. The fraction of sp³-hybridized carbons (Fsp3) is 0.360. The van der Waals surface area contributed by atoms with E-state index in [-0.39, 0.29) is 36.1 Å². The molecule has 0 aliphatic carbocycles. The average Bonchev–Trinajstić information content (AvgIpc) is 3.50. The first-order valence-electron chi connectivity index (χ1n) is 11.1. The molecule has 178 valence electrons. The summed E-state index contributed by atoms with van der Waals surface area (Å²) in [6, 6.07) is 6.36. The molecule has 4 aromatic rings. The number of fused-ring (bicyclic) bond motifs is 2. The van der Waals surface area contributed by atoms with Crippen molar-refractivity contribution in [2.24, 2.45) is 0 Å². The topological polar surface area (TPSA) is 89.4 Å². The highest BCUT2D eigenvalue weighted by molar-refractivity contribution is 6.00. The van der Waals surface area contributed by atoms with Crippen LogP contribution >= 0.6 is 0 Å². The van der Waals surface area contributed by atoms with Crippen LogP contribution in [0.3, 0.4) is 0 Å². The van der Waals surface area contributed by atoms with Crippen molar-refractivity contribution >= 4 is 27.8 Å². The summed E-state index contributed by atoms with van der Waals surface area (Å²) in [7, 11) is 1.39. The molecule has 1 saturated heterocycles. The van der Waals surface area contributed by atoms with Crippen molar-refractivity contribution in [3.8, 4) is 11.4 Å². The molecular formula is C25H25F2N3O4. The van der Waals surface area contributed by atoms with Crippen molar-refractivity contribution in [3.05, 3.63) is 53.4 Å². The van der Waals surface area contributed by atoms with Crippen molar-refractivity contribution in [1.29, 1.82) is 0 Å². The van der Waals surface area contributed by atoms with Crippen LogP contribution < -0.4 is 4.74 Å². The van der Waals surface area contributed by atoms with Gasteiger partial charge in [-0.2, -0.15) is 5.10 Å². The third kappa shape index (κ3) is 3.18. The van der Waals surface area contributed by atoms with Crippen molar-refractivity contribution < 1.29 is 28.2 Å². The molecule has 5 rings (SSSR count). The van der Waals surface area contributed by atoms with Gasteiger partial charge < -0.3 is 19.1 Å². The number of carboxylic acids is 1. The molecule has 34 heavy (non-hydrogen) atoms. The van der Waals surface area contributed by atoms with Crippen LogP contribution in [0.25, 0.3) is 27.5 Å². The summed E-state index contributed by atoms with van der Waals surface area (Å²) in [6.45, 7) is 5.67. The fourth-order valence-electron chi connectivity index (χ4n) is 5.10. The van der Waals surface area contributed by atoms with Crippen molar-refractivity contribution in [2.45, 2.75) is 44.6 Å². The summed E-state index contributed by atoms with van der Waals surface area (Å²) in [6.07, 6.45) is 1.75. The van der Waals surface area contributed by atoms with E-state index in [1.54, 1.807) is 18.3 Å². The first-order valence-corrected chi connectivity index (χ1v) is 11.1. The highest BCUT2D eigenvalue weighted by Crippen LogP contribution is 2.47. The maximum Gasteiger partial charge on any atom is 0.335 e. The predicted molar refractivity (Wildman–Crippen MR) is 123 cm³/mol. The smallest absolute Gasteiger partial charge is 0.335 e. The minimum atomic E-state index is -1.36. The Kier molecular flexibility index (Phi) is 5.12. The van der Waals surface area contributed by atoms with Crippen LogP contribution in [0.15, 0.2) is 30.5 Å². The maximum atomic E-state index is 16.0. The molecule has 7 nitrogen and oxygen atoms in total. The van der Waals surface area contributed by atoms with Gasteiger partial charge in [0.2, 0.25) is 0 Å². The van der Waals surface area contributed by atoms with Crippen LogP contribution in [0.1, 0.15) is 50.3 Å². The lowest BCUT2D eigenvalue weighted by molar-refractivity contribution is -0.157. The fourth-order valence-corrected chi connectivity index (χ4v) is 5.10. The highest BCUT2D eigenvalue weighted by Gasteiger charge is 2.45. The third-order valence-corrected chi connectivity index (χ3v) is 6.72. The number of halogens is 2. The van der Waals surface area contributed by atoms with Gasteiger partial charge in [-0.15, -0.1) is 0 Å². The second kappa shape index (κ2) is 7.80. The first-order chi connectivity index (χ1) is 16.2. The molecule has 2 atom stereocenters.